The fraction of sp³-hybridized carbons (Fsp3) is 0.167. The third-order valence-corrected chi connectivity index (χ3v) is 3.16. The number of hydrogen-bond donors (Lipinski definition) is 0. The SMILES string of the molecule is C#Cc1cccc(-c2ccc(CCC(=O)OC)cc2)c1. The van der Waals surface area contributed by atoms with Gasteiger partial charge >= 0.3 is 5.97 Å². The predicted molar refractivity (Wildman–Crippen MR) is 80.2 cm³/mol. The summed E-state index contributed by atoms with van der Waals surface area (Å²) in [6, 6.07) is 16.0. The van der Waals surface area contributed by atoms with E-state index in [0.29, 0.717) is 12.8 Å². The molecular weight excluding hydrogens is 248 g/mol. The van der Waals surface area contributed by atoms with Gasteiger partial charge in [-0.3, -0.25) is 4.79 Å². The zero-order valence-electron chi connectivity index (χ0n) is 11.4. The minimum atomic E-state index is -0.184. The summed E-state index contributed by atoms with van der Waals surface area (Å²) in [7, 11) is 1.41. The van der Waals surface area contributed by atoms with Crippen molar-refractivity contribution in [3.63, 3.8) is 0 Å². The summed E-state index contributed by atoms with van der Waals surface area (Å²) in [5.74, 6) is 2.45. The van der Waals surface area contributed by atoms with Crippen LogP contribution < -0.4 is 0 Å². The Morgan fingerprint density at radius 1 is 1.15 bits per heavy atom. The predicted octanol–water partition coefficient (Wildman–Crippen LogP) is 3.44. The van der Waals surface area contributed by atoms with Crippen molar-refractivity contribution < 1.29 is 9.53 Å². The van der Waals surface area contributed by atoms with Crippen LogP contribution in [0.25, 0.3) is 11.1 Å². The molecule has 0 saturated heterocycles. The molecule has 0 atom stereocenters. The first-order chi connectivity index (χ1) is 9.72. The summed E-state index contributed by atoms with van der Waals surface area (Å²) in [5, 5.41) is 0. The van der Waals surface area contributed by atoms with Gasteiger partial charge in [-0.1, -0.05) is 42.3 Å². The maximum atomic E-state index is 11.1. The van der Waals surface area contributed by atoms with Gasteiger partial charge in [0.15, 0.2) is 0 Å². The Morgan fingerprint density at radius 2 is 1.90 bits per heavy atom. The van der Waals surface area contributed by atoms with E-state index >= 15 is 0 Å². The van der Waals surface area contributed by atoms with E-state index in [4.69, 9.17) is 6.42 Å². The summed E-state index contributed by atoms with van der Waals surface area (Å²) in [6.07, 6.45) is 6.51. The summed E-state index contributed by atoms with van der Waals surface area (Å²) >= 11 is 0. The van der Waals surface area contributed by atoms with Crippen molar-refractivity contribution in [2.45, 2.75) is 12.8 Å². The van der Waals surface area contributed by atoms with Crippen LogP contribution in [0.2, 0.25) is 0 Å². The highest BCUT2D eigenvalue weighted by atomic mass is 16.5. The van der Waals surface area contributed by atoms with Crippen LogP contribution in [0.1, 0.15) is 17.5 Å². The average molecular weight is 264 g/mol. The first kappa shape index (κ1) is 13.9. The molecule has 0 amide bonds. The van der Waals surface area contributed by atoms with Gasteiger partial charge in [-0.2, -0.15) is 0 Å². The zero-order valence-corrected chi connectivity index (χ0v) is 11.4. The van der Waals surface area contributed by atoms with E-state index in [1.165, 1.54) is 7.11 Å². The Bertz CT molecular complexity index is 633. The maximum absolute atomic E-state index is 11.1. The normalized spacial score (nSPS) is 9.80. The van der Waals surface area contributed by atoms with Gasteiger partial charge < -0.3 is 4.74 Å². The molecule has 0 aliphatic heterocycles. The molecule has 0 aliphatic rings. The first-order valence-corrected chi connectivity index (χ1v) is 6.46. The van der Waals surface area contributed by atoms with Crippen LogP contribution in [0, 0.1) is 12.3 Å². The lowest BCUT2D eigenvalue weighted by atomic mass is 10.0. The van der Waals surface area contributed by atoms with Gasteiger partial charge in [0.05, 0.1) is 7.11 Å². The molecule has 0 heterocycles. The van der Waals surface area contributed by atoms with Gasteiger partial charge in [-0.05, 0) is 35.2 Å². The van der Waals surface area contributed by atoms with E-state index in [2.05, 4.69) is 10.7 Å². The quantitative estimate of drug-likeness (QED) is 0.624. The molecule has 100 valence electrons. The third-order valence-electron chi connectivity index (χ3n) is 3.16. The van der Waals surface area contributed by atoms with Crippen molar-refractivity contribution in [1.29, 1.82) is 0 Å². The van der Waals surface area contributed by atoms with Crippen molar-refractivity contribution in [1.82, 2.24) is 0 Å². The van der Waals surface area contributed by atoms with E-state index in [9.17, 15) is 4.79 Å². The van der Waals surface area contributed by atoms with Gasteiger partial charge in [-0.15, -0.1) is 6.42 Å². The lowest BCUT2D eigenvalue weighted by Gasteiger charge is -2.05. The number of rotatable bonds is 4. The van der Waals surface area contributed by atoms with Crippen molar-refractivity contribution in [2.75, 3.05) is 7.11 Å². The largest absolute Gasteiger partial charge is 0.469 e. The van der Waals surface area contributed by atoms with Crippen LogP contribution in [0.15, 0.2) is 48.5 Å². The van der Waals surface area contributed by atoms with E-state index in [-0.39, 0.29) is 5.97 Å². The second kappa shape index (κ2) is 6.58. The number of esters is 1. The summed E-state index contributed by atoms with van der Waals surface area (Å²) in [4.78, 5) is 11.1. The molecule has 20 heavy (non-hydrogen) atoms. The Hall–Kier alpha value is -2.53. The van der Waals surface area contributed by atoms with E-state index < -0.39 is 0 Å². The monoisotopic (exact) mass is 264 g/mol. The Balaban J connectivity index is 2.11. The van der Waals surface area contributed by atoms with Crippen LogP contribution in [-0.4, -0.2) is 13.1 Å². The minimum absolute atomic E-state index is 0.184. The third kappa shape index (κ3) is 3.49. The maximum Gasteiger partial charge on any atom is 0.305 e. The summed E-state index contributed by atoms with van der Waals surface area (Å²) in [5.41, 5.74) is 4.20. The van der Waals surface area contributed by atoms with Crippen LogP contribution in [-0.2, 0) is 16.0 Å². The molecule has 0 saturated carbocycles. The number of hydrogen-bond acceptors (Lipinski definition) is 2. The van der Waals surface area contributed by atoms with Crippen LogP contribution in [0.4, 0.5) is 0 Å². The molecule has 0 aliphatic carbocycles. The standard InChI is InChI=1S/C18H16O2/c1-3-14-5-4-6-17(13-14)16-10-7-15(8-11-16)9-12-18(19)20-2/h1,4-8,10-11,13H,9,12H2,2H3. The Morgan fingerprint density at radius 3 is 2.55 bits per heavy atom. The molecule has 2 aromatic rings. The van der Waals surface area contributed by atoms with Gasteiger partial charge in [0.1, 0.15) is 0 Å². The molecule has 0 spiro atoms. The fourth-order valence-corrected chi connectivity index (χ4v) is 2.00. The van der Waals surface area contributed by atoms with Crippen molar-refractivity contribution >= 4 is 5.97 Å². The zero-order chi connectivity index (χ0) is 14.4. The summed E-state index contributed by atoms with van der Waals surface area (Å²) in [6.45, 7) is 0. The van der Waals surface area contributed by atoms with E-state index in [0.717, 1.165) is 22.3 Å². The number of aryl methyl sites for hydroxylation is 1. The highest BCUT2D eigenvalue weighted by molar-refractivity contribution is 5.69. The number of ether oxygens (including phenoxy) is 1. The summed E-state index contributed by atoms with van der Waals surface area (Å²) < 4.78 is 4.63. The second-order valence-corrected chi connectivity index (χ2v) is 4.50. The molecule has 0 unspecified atom stereocenters. The lowest BCUT2D eigenvalue weighted by Crippen LogP contribution is -2.01. The molecule has 2 aromatic carbocycles. The molecule has 2 rings (SSSR count). The van der Waals surface area contributed by atoms with Crippen molar-refractivity contribution in [3.8, 4) is 23.5 Å². The van der Waals surface area contributed by atoms with Crippen molar-refractivity contribution in [2.24, 2.45) is 0 Å². The van der Waals surface area contributed by atoms with Gasteiger partial charge in [0.2, 0.25) is 0 Å². The lowest BCUT2D eigenvalue weighted by molar-refractivity contribution is -0.140. The van der Waals surface area contributed by atoms with Crippen LogP contribution in [0.5, 0.6) is 0 Å². The highest BCUT2D eigenvalue weighted by Crippen LogP contribution is 2.21. The molecule has 0 aromatic heterocycles. The first-order valence-electron chi connectivity index (χ1n) is 6.46. The average Bonchev–Trinajstić information content (AvgIpc) is 2.53. The smallest absolute Gasteiger partial charge is 0.305 e. The topological polar surface area (TPSA) is 26.3 Å². The molecule has 0 N–H and O–H groups in total. The Kier molecular flexibility index (Phi) is 4.57. The fourth-order valence-electron chi connectivity index (χ4n) is 2.00. The van der Waals surface area contributed by atoms with Crippen LogP contribution >= 0.6 is 0 Å². The highest BCUT2D eigenvalue weighted by Gasteiger charge is 2.02. The number of carbonyl (C=O) groups excluding carboxylic acids is 1. The van der Waals surface area contributed by atoms with E-state index in [1.807, 2.05) is 48.5 Å². The van der Waals surface area contributed by atoms with Crippen LogP contribution in [0.3, 0.4) is 0 Å². The molecule has 2 nitrogen and oxygen atoms in total. The Labute approximate surface area is 119 Å². The number of terminal acetylenes is 1. The molecule has 0 bridgehead atoms. The van der Waals surface area contributed by atoms with Crippen molar-refractivity contribution in [3.05, 3.63) is 59.7 Å². The molecule has 0 radical (unpaired) electrons. The molecular formula is C18H16O2. The molecule has 2 heteroatoms. The second-order valence-electron chi connectivity index (χ2n) is 4.50. The van der Waals surface area contributed by atoms with Gasteiger partial charge in [-0.25, -0.2) is 0 Å². The number of benzene rings is 2. The van der Waals surface area contributed by atoms with Gasteiger partial charge in [0, 0.05) is 12.0 Å². The van der Waals surface area contributed by atoms with Gasteiger partial charge in [0.25, 0.3) is 0 Å². The molecule has 0 fully saturated rings. The number of methoxy groups -OCH3 is 1. The van der Waals surface area contributed by atoms with E-state index in [1.54, 1.807) is 0 Å². The minimum Gasteiger partial charge on any atom is -0.469 e. The number of carbonyl (C=O) groups is 1.